The maximum atomic E-state index is 11.9. The van der Waals surface area contributed by atoms with Crippen LogP contribution in [0.25, 0.3) is 10.4 Å². The highest BCUT2D eigenvalue weighted by Gasteiger charge is 2.24. The summed E-state index contributed by atoms with van der Waals surface area (Å²) in [7, 11) is 0. The molecule has 10 heteroatoms. The molecule has 10 nitrogen and oxygen atoms in total. The number of hydrogen-bond donors (Lipinski definition) is 2. The fraction of sp³-hybridized carbons (Fsp3) is 0.700. The van der Waals surface area contributed by atoms with Crippen LogP contribution in [0.2, 0.25) is 0 Å². The van der Waals surface area contributed by atoms with Gasteiger partial charge < -0.3 is 9.84 Å². The molecule has 0 saturated carbocycles. The van der Waals surface area contributed by atoms with Crippen LogP contribution in [0.15, 0.2) is 11.3 Å². The molecule has 2 N–H and O–H groups in total. The molecule has 20 heavy (non-hydrogen) atoms. The average Bonchev–Trinajstić information content (AvgIpc) is 2.88. The minimum atomic E-state index is -0.781. The minimum Gasteiger partial charge on any atom is -0.465 e. The first-order valence-corrected chi connectivity index (χ1v) is 6.14. The summed E-state index contributed by atoms with van der Waals surface area (Å²) in [5.41, 5.74) is 8.58. The van der Waals surface area contributed by atoms with Crippen molar-refractivity contribution < 1.29 is 14.6 Å². The molecular formula is C10H17N7O3. The average molecular weight is 283 g/mol. The lowest BCUT2D eigenvalue weighted by Crippen LogP contribution is -2.32. The number of azide groups is 1. The van der Waals surface area contributed by atoms with Crippen LogP contribution in [0.5, 0.6) is 0 Å². The second-order valence-corrected chi connectivity index (χ2v) is 3.72. The van der Waals surface area contributed by atoms with Gasteiger partial charge in [0.05, 0.1) is 26.0 Å². The van der Waals surface area contributed by atoms with Crippen molar-refractivity contribution in [2.75, 3.05) is 26.3 Å². The van der Waals surface area contributed by atoms with E-state index >= 15 is 0 Å². The molecule has 1 atom stereocenters. The predicted molar refractivity (Wildman–Crippen MR) is 68.5 cm³/mol. The van der Waals surface area contributed by atoms with Crippen molar-refractivity contribution in [2.45, 2.75) is 19.5 Å². The molecule has 110 valence electrons. The lowest BCUT2D eigenvalue weighted by molar-refractivity contribution is -0.145. The number of nitrogens with one attached hydrogen (secondary N) is 1. The van der Waals surface area contributed by atoms with Crippen LogP contribution in [0.1, 0.15) is 18.7 Å². The summed E-state index contributed by atoms with van der Waals surface area (Å²) in [6.07, 6.45) is 1.55. The lowest BCUT2D eigenvalue weighted by atomic mass is 10.2. The number of rotatable bonds is 9. The third-order valence-electron chi connectivity index (χ3n) is 2.33. The van der Waals surface area contributed by atoms with Gasteiger partial charge in [0.15, 0.2) is 6.04 Å². The van der Waals surface area contributed by atoms with Crippen LogP contribution < -0.4 is 5.32 Å². The summed E-state index contributed by atoms with van der Waals surface area (Å²) in [6, 6.07) is -0.781. The van der Waals surface area contributed by atoms with Gasteiger partial charge in [-0.1, -0.05) is 10.3 Å². The summed E-state index contributed by atoms with van der Waals surface area (Å²) >= 11 is 0. The molecule has 1 unspecified atom stereocenters. The van der Waals surface area contributed by atoms with E-state index in [1.165, 1.54) is 4.68 Å². The first-order valence-electron chi connectivity index (χ1n) is 6.14. The van der Waals surface area contributed by atoms with E-state index in [9.17, 15) is 4.79 Å². The van der Waals surface area contributed by atoms with E-state index in [2.05, 4.69) is 25.7 Å². The van der Waals surface area contributed by atoms with Crippen LogP contribution in [0.3, 0.4) is 0 Å². The largest absolute Gasteiger partial charge is 0.465 e. The van der Waals surface area contributed by atoms with E-state index in [0.29, 0.717) is 18.8 Å². The molecule has 1 aromatic rings. The molecule has 0 saturated heterocycles. The van der Waals surface area contributed by atoms with E-state index in [1.54, 1.807) is 13.1 Å². The third kappa shape index (κ3) is 4.84. The zero-order valence-corrected chi connectivity index (χ0v) is 11.1. The van der Waals surface area contributed by atoms with Gasteiger partial charge in [0.25, 0.3) is 0 Å². The maximum absolute atomic E-state index is 11.9. The summed E-state index contributed by atoms with van der Waals surface area (Å²) in [6.45, 7) is 2.69. The van der Waals surface area contributed by atoms with E-state index in [0.717, 1.165) is 0 Å². The van der Waals surface area contributed by atoms with Crippen LogP contribution in [-0.2, 0) is 16.1 Å². The van der Waals surface area contributed by atoms with Crippen LogP contribution in [0, 0.1) is 0 Å². The topological polar surface area (TPSA) is 138 Å². The van der Waals surface area contributed by atoms with Gasteiger partial charge in [-0.05, 0) is 12.5 Å². The fourth-order valence-corrected chi connectivity index (χ4v) is 1.50. The van der Waals surface area contributed by atoms with Gasteiger partial charge in [0.1, 0.15) is 5.69 Å². The second kappa shape index (κ2) is 8.86. The Morgan fingerprint density at radius 3 is 3.20 bits per heavy atom. The number of nitrogens with zero attached hydrogens (tertiary/aromatic N) is 6. The molecule has 1 rings (SSSR count). The Balaban J connectivity index is 2.73. The highest BCUT2D eigenvalue weighted by atomic mass is 16.5. The first kappa shape index (κ1) is 15.9. The Morgan fingerprint density at radius 2 is 2.55 bits per heavy atom. The van der Waals surface area contributed by atoms with Crippen molar-refractivity contribution in [2.24, 2.45) is 5.11 Å². The van der Waals surface area contributed by atoms with Crippen molar-refractivity contribution >= 4 is 5.97 Å². The highest BCUT2D eigenvalue weighted by molar-refractivity contribution is 5.76. The quantitative estimate of drug-likeness (QED) is 0.211. The molecule has 1 aromatic heterocycles. The van der Waals surface area contributed by atoms with E-state index in [-0.39, 0.29) is 19.8 Å². The number of esters is 1. The fourth-order valence-electron chi connectivity index (χ4n) is 1.50. The maximum Gasteiger partial charge on any atom is 0.329 e. The number of aliphatic hydroxyl groups is 1. The van der Waals surface area contributed by atoms with Crippen LogP contribution in [0.4, 0.5) is 0 Å². The van der Waals surface area contributed by atoms with Crippen molar-refractivity contribution in [1.29, 1.82) is 0 Å². The molecule has 0 aromatic carbocycles. The lowest BCUT2D eigenvalue weighted by Gasteiger charge is -2.13. The molecule has 0 bridgehead atoms. The summed E-state index contributed by atoms with van der Waals surface area (Å²) in [5.74, 6) is -0.482. The Bertz CT molecular complexity index is 469. The summed E-state index contributed by atoms with van der Waals surface area (Å²) in [4.78, 5) is 14.5. The summed E-state index contributed by atoms with van der Waals surface area (Å²) in [5, 5.41) is 22.7. The number of aromatic nitrogens is 3. The normalized spacial score (nSPS) is 11.7. The van der Waals surface area contributed by atoms with Crippen LogP contribution >= 0.6 is 0 Å². The van der Waals surface area contributed by atoms with Gasteiger partial charge >= 0.3 is 5.97 Å². The first-order chi connectivity index (χ1) is 9.72. The van der Waals surface area contributed by atoms with Crippen LogP contribution in [-0.4, -0.2) is 52.4 Å². The van der Waals surface area contributed by atoms with Gasteiger partial charge in [-0.3, -0.25) is 5.32 Å². The van der Waals surface area contributed by atoms with Gasteiger partial charge in [-0.15, -0.1) is 5.10 Å². The molecular weight excluding hydrogens is 266 g/mol. The Morgan fingerprint density at radius 1 is 1.75 bits per heavy atom. The highest BCUT2D eigenvalue weighted by Crippen LogP contribution is 2.11. The molecule has 1 heterocycles. The van der Waals surface area contributed by atoms with Gasteiger partial charge in [-0.25, -0.2) is 9.48 Å². The van der Waals surface area contributed by atoms with E-state index < -0.39 is 12.0 Å². The number of carbonyl (C=O) groups is 1. The minimum absolute atomic E-state index is 0.0722. The number of ether oxygens (including phenoxy) is 1. The van der Waals surface area contributed by atoms with Crippen molar-refractivity contribution in [3.05, 3.63) is 22.3 Å². The Kier molecular flexibility index (Phi) is 7.04. The molecule has 0 fully saturated rings. The number of carbonyl (C=O) groups excluding carboxylic acids is 1. The second-order valence-electron chi connectivity index (χ2n) is 3.72. The molecule has 0 aliphatic heterocycles. The monoisotopic (exact) mass is 283 g/mol. The molecule has 0 aliphatic carbocycles. The van der Waals surface area contributed by atoms with E-state index in [4.69, 9.17) is 15.4 Å². The SMILES string of the molecule is CCOC(=O)C(NCCN=[N+]=[N-])c1cn(CCO)nn1. The van der Waals surface area contributed by atoms with Crippen molar-refractivity contribution in [3.8, 4) is 0 Å². The predicted octanol–water partition coefficient (Wildman–Crippen LogP) is -0.226. The standard InChI is InChI=1S/C10H17N7O3/c1-2-20-10(19)9(12-3-4-13-15-11)8-7-17(5-6-18)16-14-8/h7,9,12,18H,2-6H2,1H3. The molecule has 0 spiro atoms. The van der Waals surface area contributed by atoms with Gasteiger partial charge in [-0.2, -0.15) is 0 Å². The molecule has 0 aliphatic rings. The Hall–Kier alpha value is -2.16. The Labute approximate surface area is 115 Å². The zero-order chi connectivity index (χ0) is 14.8. The zero-order valence-electron chi connectivity index (χ0n) is 11.1. The van der Waals surface area contributed by atoms with Crippen molar-refractivity contribution in [1.82, 2.24) is 20.3 Å². The third-order valence-corrected chi connectivity index (χ3v) is 2.33. The van der Waals surface area contributed by atoms with Gasteiger partial charge in [0.2, 0.25) is 0 Å². The smallest absolute Gasteiger partial charge is 0.329 e. The van der Waals surface area contributed by atoms with E-state index in [1.807, 2.05) is 0 Å². The van der Waals surface area contributed by atoms with Gasteiger partial charge in [0, 0.05) is 18.0 Å². The van der Waals surface area contributed by atoms with Crippen molar-refractivity contribution in [3.63, 3.8) is 0 Å². The number of hydrogen-bond acceptors (Lipinski definition) is 7. The summed E-state index contributed by atoms with van der Waals surface area (Å²) < 4.78 is 6.38. The molecule has 0 radical (unpaired) electrons. The molecule has 0 amide bonds. The number of aliphatic hydroxyl groups excluding tert-OH is 1.